The highest BCUT2D eigenvalue weighted by atomic mass is 16.5. The fraction of sp³-hybridized carbons (Fsp3) is 0.611. The van der Waals surface area contributed by atoms with E-state index in [2.05, 4.69) is 38.8 Å². The molecule has 7 nitrogen and oxygen atoms in total. The van der Waals surface area contributed by atoms with Crippen LogP contribution < -0.4 is 4.74 Å². The third-order valence-corrected chi connectivity index (χ3v) is 4.98. The molecule has 1 saturated heterocycles. The molecule has 3 rings (SSSR count). The lowest BCUT2D eigenvalue weighted by Crippen LogP contribution is -2.46. The van der Waals surface area contributed by atoms with E-state index in [1.807, 2.05) is 20.0 Å². The summed E-state index contributed by atoms with van der Waals surface area (Å²) in [7, 11) is 1.72. The molecular weight excluding hydrogens is 318 g/mol. The fourth-order valence-electron chi connectivity index (χ4n) is 3.39. The second-order valence-electron chi connectivity index (χ2n) is 6.71. The lowest BCUT2D eigenvalue weighted by Gasteiger charge is -2.36. The maximum absolute atomic E-state index is 5.52. The summed E-state index contributed by atoms with van der Waals surface area (Å²) >= 11 is 0. The van der Waals surface area contributed by atoms with Crippen molar-refractivity contribution >= 4 is 0 Å². The average Bonchev–Trinajstić information content (AvgIpc) is 3.04. The van der Waals surface area contributed by atoms with Crippen LogP contribution in [-0.4, -0.2) is 58.2 Å². The molecule has 0 spiro atoms. The van der Waals surface area contributed by atoms with Gasteiger partial charge in [-0.25, -0.2) is 0 Å². The van der Waals surface area contributed by atoms with E-state index in [4.69, 9.17) is 9.26 Å². The topological polar surface area (TPSA) is 67.5 Å². The summed E-state index contributed by atoms with van der Waals surface area (Å²) in [4.78, 5) is 13.8. The van der Waals surface area contributed by atoms with Crippen molar-refractivity contribution in [1.82, 2.24) is 24.9 Å². The van der Waals surface area contributed by atoms with Crippen molar-refractivity contribution in [1.29, 1.82) is 0 Å². The van der Waals surface area contributed by atoms with E-state index in [1.54, 1.807) is 7.11 Å². The Morgan fingerprint density at radius 1 is 1.20 bits per heavy atom. The number of nitrogens with zero attached hydrogens (tertiary/aromatic N) is 5. The summed E-state index contributed by atoms with van der Waals surface area (Å²) in [6.45, 7) is 12.9. The molecule has 0 aliphatic carbocycles. The van der Waals surface area contributed by atoms with Gasteiger partial charge in [-0.2, -0.15) is 4.98 Å². The predicted molar refractivity (Wildman–Crippen MR) is 94.6 cm³/mol. The van der Waals surface area contributed by atoms with Crippen molar-refractivity contribution in [2.75, 3.05) is 33.3 Å². The van der Waals surface area contributed by atoms with Crippen LogP contribution in [0.3, 0.4) is 0 Å². The van der Waals surface area contributed by atoms with Crippen molar-refractivity contribution in [3.8, 4) is 5.75 Å². The van der Waals surface area contributed by atoms with E-state index < -0.39 is 0 Å². The van der Waals surface area contributed by atoms with Crippen molar-refractivity contribution < 1.29 is 9.26 Å². The van der Waals surface area contributed by atoms with Gasteiger partial charge >= 0.3 is 0 Å². The molecule has 0 aromatic carbocycles. The van der Waals surface area contributed by atoms with Gasteiger partial charge in [0.1, 0.15) is 5.75 Å². The van der Waals surface area contributed by atoms with Gasteiger partial charge in [-0.15, -0.1) is 0 Å². The van der Waals surface area contributed by atoms with Gasteiger partial charge in [0.25, 0.3) is 0 Å². The van der Waals surface area contributed by atoms with Crippen molar-refractivity contribution in [3.05, 3.63) is 34.7 Å². The number of methoxy groups -OCH3 is 1. The Kier molecular flexibility index (Phi) is 5.34. The number of ether oxygens (including phenoxy) is 1. The van der Waals surface area contributed by atoms with E-state index in [0.717, 1.165) is 55.3 Å². The van der Waals surface area contributed by atoms with Crippen LogP contribution in [0.4, 0.5) is 0 Å². The maximum atomic E-state index is 5.52. The fourth-order valence-corrected chi connectivity index (χ4v) is 3.39. The molecule has 0 saturated carbocycles. The molecule has 0 radical (unpaired) electrons. The van der Waals surface area contributed by atoms with Crippen LogP contribution in [0, 0.1) is 20.8 Å². The number of aromatic nitrogens is 3. The minimum Gasteiger partial charge on any atom is -0.496 e. The van der Waals surface area contributed by atoms with Crippen LogP contribution in [0.2, 0.25) is 0 Å². The zero-order valence-corrected chi connectivity index (χ0v) is 15.7. The van der Waals surface area contributed by atoms with Gasteiger partial charge in [-0.05, 0) is 27.7 Å². The molecule has 25 heavy (non-hydrogen) atoms. The van der Waals surface area contributed by atoms with Crippen LogP contribution >= 0.6 is 0 Å². The SMILES string of the molecule is COc1c(C)cnc(CN2CCN([C@H](C)c3nc(C)no3)CC2)c1C. The minimum absolute atomic E-state index is 0.155. The van der Waals surface area contributed by atoms with Crippen molar-refractivity contribution in [2.24, 2.45) is 0 Å². The number of rotatable bonds is 5. The molecule has 1 aliphatic rings. The Labute approximate surface area is 149 Å². The first kappa shape index (κ1) is 17.8. The Morgan fingerprint density at radius 3 is 2.52 bits per heavy atom. The lowest BCUT2D eigenvalue weighted by atomic mass is 10.1. The van der Waals surface area contributed by atoms with E-state index >= 15 is 0 Å². The summed E-state index contributed by atoms with van der Waals surface area (Å²) in [5, 5.41) is 3.89. The zero-order valence-electron chi connectivity index (χ0n) is 15.7. The van der Waals surface area contributed by atoms with Gasteiger partial charge in [0.15, 0.2) is 5.82 Å². The van der Waals surface area contributed by atoms with E-state index in [0.29, 0.717) is 11.7 Å². The van der Waals surface area contributed by atoms with Gasteiger partial charge in [0, 0.05) is 50.0 Å². The normalized spacial score (nSPS) is 17.6. The molecule has 3 heterocycles. The number of hydrogen-bond donors (Lipinski definition) is 0. The lowest BCUT2D eigenvalue weighted by molar-refractivity contribution is 0.0837. The van der Waals surface area contributed by atoms with Crippen LogP contribution in [-0.2, 0) is 6.54 Å². The summed E-state index contributed by atoms with van der Waals surface area (Å²) in [5.41, 5.74) is 3.31. The maximum Gasteiger partial charge on any atom is 0.243 e. The zero-order chi connectivity index (χ0) is 18.0. The third kappa shape index (κ3) is 3.82. The largest absolute Gasteiger partial charge is 0.496 e. The average molecular weight is 345 g/mol. The van der Waals surface area contributed by atoms with Gasteiger partial charge in [-0.3, -0.25) is 14.8 Å². The number of pyridine rings is 1. The molecule has 0 unspecified atom stereocenters. The summed E-state index contributed by atoms with van der Waals surface area (Å²) in [6, 6.07) is 0.155. The molecule has 136 valence electrons. The first-order valence-electron chi connectivity index (χ1n) is 8.75. The van der Waals surface area contributed by atoms with E-state index in [9.17, 15) is 0 Å². The molecule has 0 N–H and O–H groups in total. The second-order valence-corrected chi connectivity index (χ2v) is 6.71. The summed E-state index contributed by atoms with van der Waals surface area (Å²) in [6.07, 6.45) is 1.90. The Morgan fingerprint density at radius 2 is 1.92 bits per heavy atom. The highest BCUT2D eigenvalue weighted by molar-refractivity contribution is 5.41. The molecule has 7 heteroatoms. The Balaban J connectivity index is 1.60. The molecule has 1 fully saturated rings. The van der Waals surface area contributed by atoms with Crippen LogP contribution in [0.5, 0.6) is 5.75 Å². The minimum atomic E-state index is 0.155. The number of piperazine rings is 1. The predicted octanol–water partition coefficient (Wildman–Crippen LogP) is 2.28. The first-order valence-corrected chi connectivity index (χ1v) is 8.75. The molecule has 0 amide bonds. The summed E-state index contributed by atoms with van der Waals surface area (Å²) < 4.78 is 10.8. The van der Waals surface area contributed by atoms with Crippen LogP contribution in [0.1, 0.15) is 41.5 Å². The monoisotopic (exact) mass is 345 g/mol. The first-order chi connectivity index (χ1) is 12.0. The molecule has 2 aromatic rings. The van der Waals surface area contributed by atoms with Crippen LogP contribution in [0.15, 0.2) is 10.7 Å². The van der Waals surface area contributed by atoms with Gasteiger partial charge in [-0.1, -0.05) is 5.16 Å². The van der Waals surface area contributed by atoms with E-state index in [-0.39, 0.29) is 6.04 Å². The van der Waals surface area contributed by atoms with Gasteiger partial charge in [0.05, 0.1) is 18.8 Å². The van der Waals surface area contributed by atoms with E-state index in [1.165, 1.54) is 0 Å². The van der Waals surface area contributed by atoms with Gasteiger partial charge < -0.3 is 9.26 Å². The molecule has 1 atom stereocenters. The van der Waals surface area contributed by atoms with Crippen LogP contribution in [0.25, 0.3) is 0 Å². The standard InChI is InChI=1S/C18H27N5O2/c1-12-10-19-16(13(2)17(12)24-5)11-22-6-8-23(9-7-22)14(3)18-20-15(4)21-25-18/h10,14H,6-9,11H2,1-5H3/t14-/m1/s1. The van der Waals surface area contributed by atoms with Crippen molar-refractivity contribution in [3.63, 3.8) is 0 Å². The third-order valence-electron chi connectivity index (χ3n) is 4.98. The quantitative estimate of drug-likeness (QED) is 0.823. The molecule has 1 aliphatic heterocycles. The Hall–Kier alpha value is -1.99. The highest BCUT2D eigenvalue weighted by Gasteiger charge is 2.26. The molecule has 0 bridgehead atoms. The molecule has 2 aromatic heterocycles. The smallest absolute Gasteiger partial charge is 0.243 e. The number of hydrogen-bond acceptors (Lipinski definition) is 7. The second kappa shape index (κ2) is 7.49. The summed E-state index contributed by atoms with van der Waals surface area (Å²) in [5.74, 6) is 2.34. The number of aryl methyl sites for hydroxylation is 2. The highest BCUT2D eigenvalue weighted by Crippen LogP contribution is 2.26. The van der Waals surface area contributed by atoms with Gasteiger partial charge in [0.2, 0.25) is 5.89 Å². The Bertz CT molecular complexity index is 722. The molecular formula is C18H27N5O2. The van der Waals surface area contributed by atoms with Crippen molar-refractivity contribution in [2.45, 2.75) is 40.3 Å².